The maximum absolute atomic E-state index is 12.4. The summed E-state index contributed by atoms with van der Waals surface area (Å²) >= 11 is 4.63. The van der Waals surface area contributed by atoms with Crippen molar-refractivity contribution >= 4 is 61.3 Å². The number of thiophene rings is 1. The number of aromatic nitrogens is 5. The zero-order valence-electron chi connectivity index (χ0n) is 17.1. The molecule has 0 saturated carbocycles. The highest BCUT2D eigenvalue weighted by molar-refractivity contribution is 7.99. The van der Waals surface area contributed by atoms with Gasteiger partial charge in [0.15, 0.2) is 15.9 Å². The topological polar surface area (TPSA) is 85.1 Å². The number of fused-ring (bicyclic) bond motifs is 5. The fourth-order valence-corrected chi connectivity index (χ4v) is 6.54. The minimum atomic E-state index is -0.0980. The molecule has 1 aliphatic carbocycles. The third kappa shape index (κ3) is 3.50. The van der Waals surface area contributed by atoms with Crippen LogP contribution in [-0.4, -0.2) is 36.2 Å². The zero-order valence-corrected chi connectivity index (χ0v) is 19.5. The number of rotatable bonds is 5. The Morgan fingerprint density at radius 2 is 2.10 bits per heavy atom. The van der Waals surface area contributed by atoms with Gasteiger partial charge in [-0.25, -0.2) is 9.97 Å². The van der Waals surface area contributed by atoms with E-state index in [2.05, 4.69) is 38.7 Å². The molecular formula is C20H22N6OS3. The molecule has 0 aliphatic heterocycles. The molecule has 0 radical (unpaired) electrons. The Bertz CT molecular complexity index is 1250. The van der Waals surface area contributed by atoms with Gasteiger partial charge in [0.25, 0.3) is 0 Å². The van der Waals surface area contributed by atoms with Crippen LogP contribution >= 0.6 is 34.4 Å². The maximum Gasteiger partial charge on any atom is 0.236 e. The third-order valence-corrected chi connectivity index (χ3v) is 8.16. The van der Waals surface area contributed by atoms with Crippen molar-refractivity contribution < 1.29 is 4.79 Å². The van der Waals surface area contributed by atoms with Crippen molar-refractivity contribution in [3.63, 3.8) is 0 Å². The molecule has 0 atom stereocenters. The van der Waals surface area contributed by atoms with E-state index in [-0.39, 0.29) is 17.6 Å². The Kier molecular flexibility index (Phi) is 5.24. The minimum absolute atomic E-state index is 0.0980. The van der Waals surface area contributed by atoms with Gasteiger partial charge in [0.1, 0.15) is 10.7 Å². The number of amides is 1. The van der Waals surface area contributed by atoms with Crippen LogP contribution in [0.1, 0.15) is 54.6 Å². The summed E-state index contributed by atoms with van der Waals surface area (Å²) in [5, 5.41) is 16.3. The summed E-state index contributed by atoms with van der Waals surface area (Å²) in [6, 6.07) is 0. The second-order valence-electron chi connectivity index (χ2n) is 7.79. The smallest absolute Gasteiger partial charge is 0.236 e. The van der Waals surface area contributed by atoms with Crippen molar-refractivity contribution in [3.8, 4) is 0 Å². The largest absolute Gasteiger partial charge is 0.301 e. The van der Waals surface area contributed by atoms with Gasteiger partial charge in [0.05, 0.1) is 16.8 Å². The second-order valence-corrected chi connectivity index (χ2v) is 10.7. The molecule has 4 aromatic heterocycles. The molecule has 4 aromatic rings. The molecular weight excluding hydrogens is 436 g/mol. The minimum Gasteiger partial charge on any atom is -0.301 e. The first-order valence-corrected chi connectivity index (χ1v) is 12.7. The number of hydrogen-bond acceptors (Lipinski definition) is 8. The number of nitrogens with one attached hydrogen (secondary N) is 1. The van der Waals surface area contributed by atoms with Crippen molar-refractivity contribution in [2.45, 2.75) is 57.5 Å². The second kappa shape index (κ2) is 7.90. The van der Waals surface area contributed by atoms with Crippen LogP contribution in [0.4, 0.5) is 5.13 Å². The van der Waals surface area contributed by atoms with Crippen LogP contribution in [0.2, 0.25) is 0 Å². The summed E-state index contributed by atoms with van der Waals surface area (Å²) in [5.74, 6) is 1.31. The average molecular weight is 459 g/mol. The molecule has 5 rings (SSSR count). The number of anilines is 1. The van der Waals surface area contributed by atoms with Crippen molar-refractivity contribution in [1.82, 2.24) is 24.6 Å². The zero-order chi connectivity index (χ0) is 20.8. The number of aryl methyl sites for hydroxylation is 3. The fourth-order valence-electron chi connectivity index (χ4n) is 3.83. The van der Waals surface area contributed by atoms with Crippen molar-refractivity contribution in [1.29, 1.82) is 0 Å². The van der Waals surface area contributed by atoms with Gasteiger partial charge in [-0.2, -0.15) is 0 Å². The SMILES string of the molecule is Cc1csc(NC(=O)CSc2nnc3c4c5c(sc4nc(C(C)C)n23)CCCC5)n1. The van der Waals surface area contributed by atoms with E-state index in [1.165, 1.54) is 46.4 Å². The summed E-state index contributed by atoms with van der Waals surface area (Å²) in [7, 11) is 0. The highest BCUT2D eigenvalue weighted by Crippen LogP contribution is 2.39. The van der Waals surface area contributed by atoms with Gasteiger partial charge in [0.2, 0.25) is 5.91 Å². The van der Waals surface area contributed by atoms with E-state index in [0.29, 0.717) is 10.3 Å². The molecule has 10 heteroatoms. The van der Waals surface area contributed by atoms with Gasteiger partial charge in [-0.1, -0.05) is 25.6 Å². The molecule has 156 valence electrons. The monoisotopic (exact) mass is 458 g/mol. The molecule has 0 aromatic carbocycles. The van der Waals surface area contributed by atoms with Crippen LogP contribution < -0.4 is 5.32 Å². The van der Waals surface area contributed by atoms with Gasteiger partial charge < -0.3 is 5.32 Å². The lowest BCUT2D eigenvalue weighted by molar-refractivity contribution is -0.113. The van der Waals surface area contributed by atoms with E-state index in [1.807, 2.05) is 23.6 Å². The molecule has 0 fully saturated rings. The van der Waals surface area contributed by atoms with E-state index < -0.39 is 0 Å². The van der Waals surface area contributed by atoms with E-state index in [9.17, 15) is 4.79 Å². The standard InChI is InChI=1S/C20H22N6OS3/c1-10(2)16-23-18-15(12-6-4-5-7-13(12)30-18)17-24-25-20(26(16)17)29-9-14(27)22-19-21-11(3)8-28-19/h8,10H,4-7,9H2,1-3H3,(H,21,22,27). The van der Waals surface area contributed by atoms with Gasteiger partial charge >= 0.3 is 0 Å². The molecule has 30 heavy (non-hydrogen) atoms. The lowest BCUT2D eigenvalue weighted by Crippen LogP contribution is -2.14. The summed E-state index contributed by atoms with van der Waals surface area (Å²) in [6.07, 6.45) is 4.67. The van der Waals surface area contributed by atoms with Crippen molar-refractivity contribution in [3.05, 3.63) is 27.3 Å². The molecule has 0 saturated heterocycles. The summed E-state index contributed by atoms with van der Waals surface area (Å²) in [6.45, 7) is 6.17. The van der Waals surface area contributed by atoms with E-state index in [1.54, 1.807) is 0 Å². The predicted molar refractivity (Wildman–Crippen MR) is 123 cm³/mol. The van der Waals surface area contributed by atoms with Crippen molar-refractivity contribution in [2.75, 3.05) is 11.1 Å². The van der Waals surface area contributed by atoms with Crippen LogP contribution in [0.15, 0.2) is 10.5 Å². The first-order chi connectivity index (χ1) is 14.5. The number of thioether (sulfide) groups is 1. The summed E-state index contributed by atoms with van der Waals surface area (Å²) in [5.41, 5.74) is 3.18. The van der Waals surface area contributed by atoms with Crippen LogP contribution in [0.5, 0.6) is 0 Å². The van der Waals surface area contributed by atoms with Crippen LogP contribution in [-0.2, 0) is 17.6 Å². The maximum atomic E-state index is 12.4. The molecule has 4 heterocycles. The Balaban J connectivity index is 1.50. The Morgan fingerprint density at radius 3 is 2.87 bits per heavy atom. The lowest BCUT2D eigenvalue weighted by atomic mass is 9.97. The molecule has 7 nitrogen and oxygen atoms in total. The number of carbonyl (C=O) groups is 1. The number of carbonyl (C=O) groups excluding carboxylic acids is 1. The van der Waals surface area contributed by atoms with Gasteiger partial charge in [-0.05, 0) is 38.2 Å². The third-order valence-electron chi connectivity index (χ3n) is 5.17. The van der Waals surface area contributed by atoms with Gasteiger partial charge in [-0.15, -0.1) is 32.9 Å². The normalized spacial score (nSPS) is 14.0. The van der Waals surface area contributed by atoms with Gasteiger partial charge in [0, 0.05) is 16.2 Å². The van der Waals surface area contributed by atoms with Crippen LogP contribution in [0.3, 0.4) is 0 Å². The average Bonchev–Trinajstić information content (AvgIpc) is 3.41. The van der Waals surface area contributed by atoms with E-state index in [0.717, 1.165) is 40.2 Å². The molecule has 0 spiro atoms. The Hall–Kier alpha value is -2.04. The van der Waals surface area contributed by atoms with Crippen LogP contribution in [0.25, 0.3) is 15.9 Å². The number of thiazole rings is 1. The molecule has 1 N–H and O–H groups in total. The number of nitrogens with zero attached hydrogens (tertiary/aromatic N) is 5. The van der Waals surface area contributed by atoms with Gasteiger partial charge in [-0.3, -0.25) is 9.20 Å². The van der Waals surface area contributed by atoms with Crippen LogP contribution in [0, 0.1) is 6.92 Å². The van der Waals surface area contributed by atoms with E-state index in [4.69, 9.17) is 4.98 Å². The number of hydrogen-bond donors (Lipinski definition) is 1. The summed E-state index contributed by atoms with van der Waals surface area (Å²) < 4.78 is 2.06. The van der Waals surface area contributed by atoms with E-state index >= 15 is 0 Å². The van der Waals surface area contributed by atoms with Crippen molar-refractivity contribution in [2.24, 2.45) is 0 Å². The predicted octanol–water partition coefficient (Wildman–Crippen LogP) is 4.84. The highest BCUT2D eigenvalue weighted by Gasteiger charge is 2.24. The Morgan fingerprint density at radius 1 is 1.27 bits per heavy atom. The fraction of sp³-hybridized carbons (Fsp3) is 0.450. The molecule has 0 bridgehead atoms. The molecule has 1 aliphatic rings. The first kappa shape index (κ1) is 19.9. The first-order valence-electron chi connectivity index (χ1n) is 10.1. The quantitative estimate of drug-likeness (QED) is 0.431. The molecule has 1 amide bonds. The summed E-state index contributed by atoms with van der Waals surface area (Å²) in [4.78, 5) is 24.2. The Labute approximate surface area is 186 Å². The lowest BCUT2D eigenvalue weighted by Gasteiger charge is -2.12. The highest BCUT2D eigenvalue weighted by atomic mass is 32.2. The molecule has 0 unspecified atom stereocenters.